The molecule has 2 N–H and O–H groups in total. The Morgan fingerprint density at radius 3 is 2.43 bits per heavy atom. The third-order valence-electron chi connectivity index (χ3n) is 4.14. The Morgan fingerprint density at radius 2 is 1.91 bits per heavy atom. The minimum absolute atomic E-state index is 0.182. The zero-order chi connectivity index (χ0) is 17.4. The van der Waals surface area contributed by atoms with Crippen molar-refractivity contribution in [3.8, 4) is 5.75 Å². The summed E-state index contributed by atoms with van der Waals surface area (Å²) < 4.78 is 5.26. The van der Waals surface area contributed by atoms with Gasteiger partial charge in [0.15, 0.2) is 5.54 Å². The second-order valence-electron chi connectivity index (χ2n) is 6.73. The SMILES string of the molecule is COc1cccc2c1CCC2(NC(=O)C(=O)C(C)(C)C)C(=O)O. The van der Waals surface area contributed by atoms with Gasteiger partial charge in [-0.25, -0.2) is 4.79 Å². The van der Waals surface area contributed by atoms with Crippen LogP contribution in [0.2, 0.25) is 0 Å². The van der Waals surface area contributed by atoms with Crippen molar-refractivity contribution >= 4 is 17.7 Å². The van der Waals surface area contributed by atoms with Crippen molar-refractivity contribution in [2.24, 2.45) is 5.41 Å². The van der Waals surface area contributed by atoms with E-state index in [0.29, 0.717) is 17.7 Å². The van der Waals surface area contributed by atoms with Crippen LogP contribution in [0.25, 0.3) is 0 Å². The summed E-state index contributed by atoms with van der Waals surface area (Å²) >= 11 is 0. The van der Waals surface area contributed by atoms with Gasteiger partial charge in [0.05, 0.1) is 7.11 Å². The maximum atomic E-state index is 12.3. The molecule has 124 valence electrons. The van der Waals surface area contributed by atoms with Gasteiger partial charge in [-0.05, 0) is 24.5 Å². The number of aliphatic carboxylic acids is 1. The normalized spacial score (nSPS) is 19.8. The minimum Gasteiger partial charge on any atom is -0.496 e. The zero-order valence-corrected chi connectivity index (χ0v) is 13.7. The fourth-order valence-electron chi connectivity index (χ4n) is 2.86. The molecule has 0 bridgehead atoms. The average Bonchev–Trinajstić information content (AvgIpc) is 2.85. The maximum Gasteiger partial charge on any atom is 0.334 e. The Hall–Kier alpha value is -2.37. The summed E-state index contributed by atoms with van der Waals surface area (Å²) in [5.41, 5.74) is -1.25. The average molecular weight is 319 g/mol. The monoisotopic (exact) mass is 319 g/mol. The summed E-state index contributed by atoms with van der Waals surface area (Å²) in [6, 6.07) is 5.08. The molecule has 2 rings (SSSR count). The summed E-state index contributed by atoms with van der Waals surface area (Å²) in [6.45, 7) is 4.86. The van der Waals surface area contributed by atoms with Crippen LogP contribution in [-0.2, 0) is 26.3 Å². The number of hydrogen-bond donors (Lipinski definition) is 2. The van der Waals surface area contributed by atoms with E-state index in [0.717, 1.165) is 5.56 Å². The Labute approximate surface area is 134 Å². The Balaban J connectivity index is 2.45. The van der Waals surface area contributed by atoms with Gasteiger partial charge in [0.25, 0.3) is 5.91 Å². The second-order valence-corrected chi connectivity index (χ2v) is 6.73. The van der Waals surface area contributed by atoms with Crippen LogP contribution in [0.1, 0.15) is 38.3 Å². The number of benzene rings is 1. The van der Waals surface area contributed by atoms with Crippen molar-refractivity contribution in [3.63, 3.8) is 0 Å². The van der Waals surface area contributed by atoms with E-state index in [1.54, 1.807) is 39.0 Å². The number of carbonyl (C=O) groups is 3. The zero-order valence-electron chi connectivity index (χ0n) is 13.7. The fourth-order valence-corrected chi connectivity index (χ4v) is 2.86. The lowest BCUT2D eigenvalue weighted by molar-refractivity contribution is -0.151. The Bertz CT molecular complexity index is 674. The van der Waals surface area contributed by atoms with Crippen LogP contribution < -0.4 is 10.1 Å². The third-order valence-corrected chi connectivity index (χ3v) is 4.14. The van der Waals surface area contributed by atoms with Crippen LogP contribution in [-0.4, -0.2) is 29.9 Å². The lowest BCUT2D eigenvalue weighted by Crippen LogP contribution is -2.54. The summed E-state index contributed by atoms with van der Waals surface area (Å²) in [4.78, 5) is 36.3. The molecular weight excluding hydrogens is 298 g/mol. The number of carbonyl (C=O) groups excluding carboxylic acids is 2. The molecule has 6 heteroatoms. The maximum absolute atomic E-state index is 12.3. The Morgan fingerprint density at radius 1 is 1.26 bits per heavy atom. The van der Waals surface area contributed by atoms with Gasteiger partial charge in [-0.3, -0.25) is 9.59 Å². The lowest BCUT2D eigenvalue weighted by Gasteiger charge is -2.28. The van der Waals surface area contributed by atoms with Crippen molar-refractivity contribution < 1.29 is 24.2 Å². The van der Waals surface area contributed by atoms with E-state index >= 15 is 0 Å². The lowest BCUT2D eigenvalue weighted by atomic mass is 9.87. The van der Waals surface area contributed by atoms with E-state index < -0.39 is 28.6 Å². The molecule has 1 aromatic rings. The molecule has 0 radical (unpaired) electrons. The highest BCUT2D eigenvalue weighted by Crippen LogP contribution is 2.41. The number of rotatable bonds is 4. The molecular formula is C17H21NO5. The van der Waals surface area contributed by atoms with E-state index in [1.807, 2.05) is 0 Å². The van der Waals surface area contributed by atoms with Crippen LogP contribution in [0.3, 0.4) is 0 Å². The molecule has 1 aromatic carbocycles. The van der Waals surface area contributed by atoms with Crippen molar-refractivity contribution in [1.29, 1.82) is 0 Å². The highest BCUT2D eigenvalue weighted by atomic mass is 16.5. The smallest absolute Gasteiger partial charge is 0.334 e. The summed E-state index contributed by atoms with van der Waals surface area (Å²) in [7, 11) is 1.51. The van der Waals surface area contributed by atoms with Gasteiger partial charge in [0.2, 0.25) is 5.78 Å². The third kappa shape index (κ3) is 2.81. The van der Waals surface area contributed by atoms with Crippen LogP contribution in [0.15, 0.2) is 18.2 Å². The molecule has 1 aliphatic carbocycles. The molecule has 23 heavy (non-hydrogen) atoms. The van der Waals surface area contributed by atoms with Crippen LogP contribution in [0, 0.1) is 5.41 Å². The van der Waals surface area contributed by atoms with Gasteiger partial charge in [-0.1, -0.05) is 32.9 Å². The number of methoxy groups -OCH3 is 1. The molecule has 1 unspecified atom stereocenters. The number of nitrogens with one attached hydrogen (secondary N) is 1. The van der Waals surface area contributed by atoms with Gasteiger partial charge in [-0.15, -0.1) is 0 Å². The largest absolute Gasteiger partial charge is 0.496 e. The van der Waals surface area contributed by atoms with E-state index in [1.165, 1.54) is 7.11 Å². The first-order chi connectivity index (χ1) is 10.6. The topological polar surface area (TPSA) is 92.7 Å². The molecule has 1 amide bonds. The van der Waals surface area contributed by atoms with E-state index in [9.17, 15) is 19.5 Å². The fraction of sp³-hybridized carbons (Fsp3) is 0.471. The van der Waals surface area contributed by atoms with Crippen LogP contribution in [0.5, 0.6) is 5.75 Å². The highest BCUT2D eigenvalue weighted by Gasteiger charge is 2.49. The molecule has 1 atom stereocenters. The van der Waals surface area contributed by atoms with E-state index in [4.69, 9.17) is 4.74 Å². The number of fused-ring (bicyclic) bond motifs is 1. The van der Waals surface area contributed by atoms with Gasteiger partial charge in [-0.2, -0.15) is 0 Å². The molecule has 0 fully saturated rings. The molecule has 1 aliphatic rings. The first-order valence-electron chi connectivity index (χ1n) is 7.40. The molecule has 0 spiro atoms. The Kier molecular flexibility index (Phi) is 4.20. The predicted molar refractivity (Wildman–Crippen MR) is 83.2 cm³/mol. The second kappa shape index (κ2) is 5.68. The van der Waals surface area contributed by atoms with Crippen molar-refractivity contribution in [1.82, 2.24) is 5.32 Å². The number of ketones is 1. The van der Waals surface area contributed by atoms with Crippen molar-refractivity contribution in [2.45, 2.75) is 39.2 Å². The standard InChI is InChI=1S/C17H21NO5/c1-16(2,3)13(19)14(20)18-17(15(21)22)9-8-10-11(17)6-5-7-12(10)23-4/h5-7H,8-9H2,1-4H3,(H,18,20)(H,21,22). The predicted octanol–water partition coefficient (Wildman–Crippen LogP) is 1.65. The van der Waals surface area contributed by atoms with E-state index in [-0.39, 0.29) is 6.42 Å². The molecule has 0 saturated carbocycles. The van der Waals surface area contributed by atoms with Crippen LogP contribution >= 0.6 is 0 Å². The first kappa shape index (κ1) is 17.0. The van der Waals surface area contributed by atoms with Crippen molar-refractivity contribution in [3.05, 3.63) is 29.3 Å². The van der Waals surface area contributed by atoms with Gasteiger partial charge < -0.3 is 15.2 Å². The molecule has 6 nitrogen and oxygen atoms in total. The first-order valence-corrected chi connectivity index (χ1v) is 7.40. The molecule has 0 saturated heterocycles. The van der Waals surface area contributed by atoms with Gasteiger partial charge in [0, 0.05) is 11.0 Å². The molecule has 0 aliphatic heterocycles. The van der Waals surface area contributed by atoms with Crippen LogP contribution in [0.4, 0.5) is 0 Å². The number of amides is 1. The number of ether oxygens (including phenoxy) is 1. The number of carboxylic acid groups (broad SMARTS) is 1. The quantitative estimate of drug-likeness (QED) is 0.823. The number of Topliss-reactive ketones (excluding diaryl/α,β-unsaturated/α-hetero) is 1. The summed E-state index contributed by atoms with van der Waals surface area (Å²) in [6.07, 6.45) is 0.636. The van der Waals surface area contributed by atoms with Gasteiger partial charge in [0.1, 0.15) is 5.75 Å². The summed E-state index contributed by atoms with van der Waals surface area (Å²) in [5, 5.41) is 12.2. The van der Waals surface area contributed by atoms with Gasteiger partial charge >= 0.3 is 5.97 Å². The highest BCUT2D eigenvalue weighted by molar-refractivity contribution is 6.38. The van der Waals surface area contributed by atoms with E-state index in [2.05, 4.69) is 5.32 Å². The minimum atomic E-state index is -1.60. The number of hydrogen-bond acceptors (Lipinski definition) is 4. The number of carboxylic acids is 1. The molecule has 0 aromatic heterocycles. The summed E-state index contributed by atoms with van der Waals surface area (Å²) in [5.74, 6) is -2.12. The molecule has 0 heterocycles. The van der Waals surface area contributed by atoms with Crippen molar-refractivity contribution in [2.75, 3.05) is 7.11 Å².